The van der Waals surface area contributed by atoms with Crippen molar-refractivity contribution in [3.8, 4) is 11.3 Å². The van der Waals surface area contributed by atoms with Gasteiger partial charge in [0.25, 0.3) is 0 Å². The molecule has 0 radical (unpaired) electrons. The molecule has 142 valence electrons. The molecule has 1 unspecified atom stereocenters. The fraction of sp³-hybridized carbons (Fsp3) is 0.238. The van der Waals surface area contributed by atoms with Crippen molar-refractivity contribution < 1.29 is 9.18 Å². The van der Waals surface area contributed by atoms with Gasteiger partial charge in [0.2, 0.25) is 5.91 Å². The molecule has 0 spiro atoms. The first-order chi connectivity index (χ1) is 13.6. The van der Waals surface area contributed by atoms with E-state index in [1.807, 2.05) is 4.90 Å². The SMILES string of the molecule is Nc1ccc(-c2ccc(F)cc2)nc1CC(=O)N1CCC(c2ncccn2)C1. The van der Waals surface area contributed by atoms with Crippen LogP contribution in [0.1, 0.15) is 23.9 Å². The Morgan fingerprint density at radius 3 is 2.64 bits per heavy atom. The van der Waals surface area contributed by atoms with E-state index in [-0.39, 0.29) is 24.1 Å². The average Bonchev–Trinajstić information content (AvgIpc) is 3.21. The minimum Gasteiger partial charge on any atom is -0.397 e. The van der Waals surface area contributed by atoms with Crippen molar-refractivity contribution in [2.75, 3.05) is 18.8 Å². The van der Waals surface area contributed by atoms with Gasteiger partial charge in [-0.1, -0.05) is 0 Å². The Bertz CT molecular complexity index is 978. The van der Waals surface area contributed by atoms with Crippen LogP contribution in [0, 0.1) is 5.82 Å². The number of rotatable bonds is 4. The number of nitrogens with zero attached hydrogens (tertiary/aromatic N) is 4. The molecule has 1 aromatic carbocycles. The summed E-state index contributed by atoms with van der Waals surface area (Å²) in [7, 11) is 0. The normalized spacial score (nSPS) is 16.3. The van der Waals surface area contributed by atoms with E-state index < -0.39 is 0 Å². The lowest BCUT2D eigenvalue weighted by Crippen LogP contribution is -2.30. The number of aromatic nitrogens is 3. The second-order valence-corrected chi connectivity index (χ2v) is 6.85. The predicted octanol–water partition coefficient (Wildman–Crippen LogP) is 2.82. The van der Waals surface area contributed by atoms with Gasteiger partial charge in [0, 0.05) is 37.0 Å². The molecule has 0 bridgehead atoms. The van der Waals surface area contributed by atoms with Crippen molar-refractivity contribution in [3.63, 3.8) is 0 Å². The van der Waals surface area contributed by atoms with E-state index in [0.29, 0.717) is 30.2 Å². The van der Waals surface area contributed by atoms with Crippen molar-refractivity contribution in [1.29, 1.82) is 0 Å². The van der Waals surface area contributed by atoms with E-state index >= 15 is 0 Å². The lowest BCUT2D eigenvalue weighted by Gasteiger charge is -2.17. The highest BCUT2D eigenvalue weighted by Crippen LogP contribution is 2.26. The van der Waals surface area contributed by atoms with Gasteiger partial charge in [-0.25, -0.2) is 14.4 Å². The molecule has 1 atom stereocenters. The van der Waals surface area contributed by atoms with Crippen LogP contribution in [0.2, 0.25) is 0 Å². The maximum atomic E-state index is 13.1. The van der Waals surface area contributed by atoms with Crippen LogP contribution >= 0.6 is 0 Å². The number of halogens is 1. The van der Waals surface area contributed by atoms with E-state index in [4.69, 9.17) is 5.73 Å². The second kappa shape index (κ2) is 7.72. The first-order valence-electron chi connectivity index (χ1n) is 9.16. The van der Waals surface area contributed by atoms with E-state index in [1.54, 1.807) is 42.7 Å². The Kier molecular flexibility index (Phi) is 4.97. The number of likely N-dealkylation sites (tertiary alicyclic amines) is 1. The molecule has 1 aliphatic rings. The Morgan fingerprint density at radius 2 is 1.89 bits per heavy atom. The summed E-state index contributed by atoms with van der Waals surface area (Å²) in [6.45, 7) is 1.26. The predicted molar refractivity (Wildman–Crippen MR) is 104 cm³/mol. The number of hydrogen-bond donors (Lipinski definition) is 1. The van der Waals surface area contributed by atoms with E-state index in [1.165, 1.54) is 12.1 Å². The maximum absolute atomic E-state index is 13.1. The molecule has 2 aromatic heterocycles. The Balaban J connectivity index is 1.47. The Hall–Kier alpha value is -3.35. The quantitative estimate of drug-likeness (QED) is 0.756. The van der Waals surface area contributed by atoms with Crippen molar-refractivity contribution >= 4 is 11.6 Å². The number of carbonyl (C=O) groups excluding carboxylic acids is 1. The number of benzene rings is 1. The standard InChI is InChI=1S/C21H20FN5O/c22-16-4-2-14(3-5-16)18-7-6-17(23)19(26-18)12-20(28)27-11-8-15(13-27)21-24-9-1-10-25-21/h1-7,9-10,15H,8,11-13,23H2. The maximum Gasteiger partial charge on any atom is 0.228 e. The van der Waals surface area contributed by atoms with Gasteiger partial charge < -0.3 is 10.6 Å². The number of amides is 1. The van der Waals surface area contributed by atoms with E-state index in [0.717, 1.165) is 17.8 Å². The summed E-state index contributed by atoms with van der Waals surface area (Å²) in [5, 5.41) is 0. The molecule has 0 aliphatic carbocycles. The zero-order valence-electron chi connectivity index (χ0n) is 15.3. The molecule has 0 saturated carbocycles. The van der Waals surface area contributed by atoms with E-state index in [2.05, 4.69) is 15.0 Å². The number of carbonyl (C=O) groups is 1. The molecule has 4 rings (SSSR count). The molecule has 1 saturated heterocycles. The summed E-state index contributed by atoms with van der Waals surface area (Å²) in [6.07, 6.45) is 4.41. The molecule has 1 aliphatic heterocycles. The fourth-order valence-corrected chi connectivity index (χ4v) is 3.41. The highest BCUT2D eigenvalue weighted by molar-refractivity contribution is 5.80. The van der Waals surface area contributed by atoms with Gasteiger partial charge in [0.15, 0.2) is 0 Å². The van der Waals surface area contributed by atoms with Gasteiger partial charge in [0.05, 0.1) is 23.5 Å². The smallest absolute Gasteiger partial charge is 0.228 e. The van der Waals surface area contributed by atoms with Crippen LogP contribution in [0.3, 0.4) is 0 Å². The van der Waals surface area contributed by atoms with Crippen LogP contribution < -0.4 is 5.73 Å². The number of hydrogen-bond acceptors (Lipinski definition) is 5. The summed E-state index contributed by atoms with van der Waals surface area (Å²) in [4.78, 5) is 27.7. The summed E-state index contributed by atoms with van der Waals surface area (Å²) in [6, 6.07) is 11.4. The molecule has 1 fully saturated rings. The molecule has 28 heavy (non-hydrogen) atoms. The number of anilines is 1. The number of nitrogens with two attached hydrogens (primary N) is 1. The second-order valence-electron chi connectivity index (χ2n) is 6.85. The summed E-state index contributed by atoms with van der Waals surface area (Å²) in [5.41, 5.74) is 8.49. The summed E-state index contributed by atoms with van der Waals surface area (Å²) < 4.78 is 13.1. The largest absolute Gasteiger partial charge is 0.397 e. The van der Waals surface area contributed by atoms with Crippen molar-refractivity contribution in [1.82, 2.24) is 19.9 Å². The molecule has 3 aromatic rings. The fourth-order valence-electron chi connectivity index (χ4n) is 3.41. The molecule has 3 heterocycles. The van der Waals surface area contributed by atoms with Gasteiger partial charge in [-0.05, 0) is 48.9 Å². The zero-order chi connectivity index (χ0) is 19.5. The van der Waals surface area contributed by atoms with Crippen molar-refractivity contribution in [2.45, 2.75) is 18.8 Å². The van der Waals surface area contributed by atoms with Crippen LogP contribution in [0.4, 0.5) is 10.1 Å². The lowest BCUT2D eigenvalue weighted by atomic mass is 10.1. The first-order valence-corrected chi connectivity index (χ1v) is 9.16. The molecular weight excluding hydrogens is 357 g/mol. The molecule has 7 heteroatoms. The van der Waals surface area contributed by atoms with Crippen molar-refractivity contribution in [2.24, 2.45) is 0 Å². The molecule has 2 N–H and O–H groups in total. The van der Waals surface area contributed by atoms with Gasteiger partial charge in [-0.3, -0.25) is 9.78 Å². The van der Waals surface area contributed by atoms with Gasteiger partial charge >= 0.3 is 0 Å². The third-order valence-electron chi connectivity index (χ3n) is 4.96. The Morgan fingerprint density at radius 1 is 1.14 bits per heavy atom. The van der Waals surface area contributed by atoms with Gasteiger partial charge in [-0.2, -0.15) is 0 Å². The summed E-state index contributed by atoms with van der Waals surface area (Å²) >= 11 is 0. The lowest BCUT2D eigenvalue weighted by molar-refractivity contribution is -0.129. The van der Waals surface area contributed by atoms with Crippen LogP contribution in [0.5, 0.6) is 0 Å². The van der Waals surface area contributed by atoms with Gasteiger partial charge in [-0.15, -0.1) is 0 Å². The first kappa shape index (κ1) is 18.0. The highest BCUT2D eigenvalue weighted by Gasteiger charge is 2.29. The molecular formula is C21H20FN5O. The topological polar surface area (TPSA) is 85.0 Å². The molecule has 1 amide bonds. The highest BCUT2D eigenvalue weighted by atomic mass is 19.1. The van der Waals surface area contributed by atoms with Gasteiger partial charge in [0.1, 0.15) is 11.6 Å². The monoisotopic (exact) mass is 377 g/mol. The number of nitrogen functional groups attached to an aromatic ring is 1. The zero-order valence-corrected chi connectivity index (χ0v) is 15.3. The third kappa shape index (κ3) is 3.83. The van der Waals surface area contributed by atoms with Crippen LogP contribution in [-0.4, -0.2) is 38.8 Å². The molecule has 6 nitrogen and oxygen atoms in total. The Labute approximate surface area is 162 Å². The van der Waals surface area contributed by atoms with E-state index in [9.17, 15) is 9.18 Å². The number of pyridine rings is 1. The average molecular weight is 377 g/mol. The minimum atomic E-state index is -0.305. The van der Waals surface area contributed by atoms with Crippen molar-refractivity contribution in [3.05, 3.63) is 72.2 Å². The minimum absolute atomic E-state index is 0.0195. The van der Waals surface area contributed by atoms with Crippen LogP contribution in [0.15, 0.2) is 54.9 Å². The van der Waals surface area contributed by atoms with Crippen LogP contribution in [-0.2, 0) is 11.2 Å². The third-order valence-corrected chi connectivity index (χ3v) is 4.96. The van der Waals surface area contributed by atoms with Crippen LogP contribution in [0.25, 0.3) is 11.3 Å². The summed E-state index contributed by atoms with van der Waals surface area (Å²) in [5.74, 6) is 0.601.